The van der Waals surface area contributed by atoms with Crippen LogP contribution in [0.3, 0.4) is 0 Å². The maximum Gasteiger partial charge on any atom is 0.328 e. The quantitative estimate of drug-likeness (QED) is 0.932. The highest BCUT2D eigenvalue weighted by Crippen LogP contribution is 2.33. The molecule has 0 bridgehead atoms. The van der Waals surface area contributed by atoms with E-state index >= 15 is 0 Å². The van der Waals surface area contributed by atoms with Crippen LogP contribution in [0.2, 0.25) is 0 Å². The number of carboxylic acid groups (broad SMARTS) is 1. The Balaban J connectivity index is 2.46. The molecule has 0 amide bonds. The van der Waals surface area contributed by atoms with Crippen LogP contribution in [-0.2, 0) is 10.3 Å². The molecule has 3 nitrogen and oxygen atoms in total. The molecular formula is C13H15BrFNO2. The standard InChI is InChI=1S/C13H15BrFNO2/c1-13(12(17)18,16-6-2-3-7-16)9-4-5-11(15)10(14)8-9/h4-5,8H,2-3,6-7H2,1H3,(H,17,18). The van der Waals surface area contributed by atoms with Gasteiger partial charge in [0.2, 0.25) is 0 Å². The topological polar surface area (TPSA) is 40.5 Å². The Morgan fingerprint density at radius 1 is 1.44 bits per heavy atom. The van der Waals surface area contributed by atoms with Crippen molar-refractivity contribution in [1.82, 2.24) is 4.90 Å². The highest BCUT2D eigenvalue weighted by atomic mass is 79.9. The van der Waals surface area contributed by atoms with Gasteiger partial charge in [0.25, 0.3) is 0 Å². The van der Waals surface area contributed by atoms with Crippen molar-refractivity contribution in [3.8, 4) is 0 Å². The normalized spacial score (nSPS) is 19.7. The molecule has 1 saturated heterocycles. The second kappa shape index (κ2) is 4.97. The summed E-state index contributed by atoms with van der Waals surface area (Å²) in [5.41, 5.74) is -0.489. The van der Waals surface area contributed by atoms with E-state index in [1.54, 1.807) is 19.1 Å². The van der Waals surface area contributed by atoms with Crippen molar-refractivity contribution in [3.63, 3.8) is 0 Å². The number of hydrogen-bond acceptors (Lipinski definition) is 2. The average Bonchev–Trinajstić information content (AvgIpc) is 2.85. The lowest BCUT2D eigenvalue weighted by Crippen LogP contribution is -2.48. The van der Waals surface area contributed by atoms with Crippen LogP contribution < -0.4 is 0 Å². The SMILES string of the molecule is CC(C(=O)O)(c1ccc(F)c(Br)c1)N1CCCC1. The molecule has 1 aromatic carbocycles. The van der Waals surface area contributed by atoms with Crippen LogP contribution in [0.4, 0.5) is 4.39 Å². The van der Waals surface area contributed by atoms with E-state index in [0.29, 0.717) is 10.0 Å². The van der Waals surface area contributed by atoms with E-state index in [1.165, 1.54) is 6.07 Å². The lowest BCUT2D eigenvalue weighted by atomic mass is 9.90. The first kappa shape index (κ1) is 13.5. The zero-order valence-corrected chi connectivity index (χ0v) is 11.7. The Kier molecular flexibility index (Phi) is 3.73. The smallest absolute Gasteiger partial charge is 0.328 e. The molecule has 1 aliphatic rings. The van der Waals surface area contributed by atoms with Crippen molar-refractivity contribution >= 4 is 21.9 Å². The van der Waals surface area contributed by atoms with E-state index in [1.807, 2.05) is 4.90 Å². The fourth-order valence-electron chi connectivity index (χ4n) is 2.40. The van der Waals surface area contributed by atoms with Crippen LogP contribution >= 0.6 is 15.9 Å². The molecule has 0 saturated carbocycles. The first-order chi connectivity index (χ1) is 8.46. The summed E-state index contributed by atoms with van der Waals surface area (Å²) in [7, 11) is 0. The van der Waals surface area contributed by atoms with Crippen molar-refractivity contribution in [1.29, 1.82) is 0 Å². The number of carboxylic acids is 1. The van der Waals surface area contributed by atoms with Gasteiger partial charge in [-0.25, -0.2) is 9.18 Å². The van der Waals surface area contributed by atoms with Gasteiger partial charge in [0, 0.05) is 0 Å². The largest absolute Gasteiger partial charge is 0.480 e. The molecule has 1 aliphatic heterocycles. The van der Waals surface area contributed by atoms with E-state index in [4.69, 9.17) is 0 Å². The zero-order valence-electron chi connectivity index (χ0n) is 10.1. The van der Waals surface area contributed by atoms with E-state index in [2.05, 4.69) is 15.9 Å². The molecule has 1 fully saturated rings. The monoisotopic (exact) mass is 315 g/mol. The third kappa shape index (κ3) is 2.17. The summed E-state index contributed by atoms with van der Waals surface area (Å²) in [5, 5.41) is 9.56. The number of aliphatic carboxylic acids is 1. The number of halogens is 2. The van der Waals surface area contributed by atoms with Gasteiger partial charge < -0.3 is 5.11 Å². The number of rotatable bonds is 3. The molecule has 0 radical (unpaired) electrons. The number of carbonyl (C=O) groups is 1. The summed E-state index contributed by atoms with van der Waals surface area (Å²) in [4.78, 5) is 13.6. The Hall–Kier alpha value is -0.940. The number of hydrogen-bond donors (Lipinski definition) is 1. The predicted octanol–water partition coefficient (Wildman–Crippen LogP) is 2.98. The van der Waals surface area contributed by atoms with Crippen LogP contribution in [0.25, 0.3) is 0 Å². The summed E-state index contributed by atoms with van der Waals surface area (Å²) >= 11 is 3.11. The minimum Gasteiger partial charge on any atom is -0.480 e. The second-order valence-electron chi connectivity index (χ2n) is 4.70. The summed E-state index contributed by atoms with van der Waals surface area (Å²) in [5.74, 6) is -1.28. The van der Waals surface area contributed by atoms with Crippen LogP contribution in [0.15, 0.2) is 22.7 Å². The van der Waals surface area contributed by atoms with Crippen molar-refractivity contribution in [2.45, 2.75) is 25.3 Å². The molecular weight excluding hydrogens is 301 g/mol. The first-order valence-electron chi connectivity index (χ1n) is 5.90. The lowest BCUT2D eigenvalue weighted by molar-refractivity contribution is -0.150. The zero-order chi connectivity index (χ0) is 13.3. The molecule has 0 aliphatic carbocycles. The predicted molar refractivity (Wildman–Crippen MR) is 69.9 cm³/mol. The Labute approximate surface area is 114 Å². The highest BCUT2D eigenvalue weighted by molar-refractivity contribution is 9.10. The molecule has 1 aromatic rings. The van der Waals surface area contributed by atoms with Gasteiger partial charge in [0.15, 0.2) is 0 Å². The highest BCUT2D eigenvalue weighted by Gasteiger charge is 2.42. The summed E-state index contributed by atoms with van der Waals surface area (Å²) in [6, 6.07) is 4.41. The van der Waals surface area contributed by atoms with Gasteiger partial charge in [0.05, 0.1) is 4.47 Å². The number of nitrogens with zero attached hydrogens (tertiary/aromatic N) is 1. The van der Waals surface area contributed by atoms with E-state index in [9.17, 15) is 14.3 Å². The van der Waals surface area contributed by atoms with Gasteiger partial charge in [0.1, 0.15) is 11.4 Å². The van der Waals surface area contributed by atoms with Gasteiger partial charge in [-0.3, -0.25) is 4.90 Å². The lowest BCUT2D eigenvalue weighted by Gasteiger charge is -2.35. The third-order valence-electron chi connectivity index (χ3n) is 3.64. The maximum absolute atomic E-state index is 13.3. The van der Waals surface area contributed by atoms with E-state index in [0.717, 1.165) is 25.9 Å². The molecule has 0 spiro atoms. The Morgan fingerprint density at radius 2 is 2.06 bits per heavy atom. The molecule has 1 N–H and O–H groups in total. The van der Waals surface area contributed by atoms with Crippen molar-refractivity contribution in [2.24, 2.45) is 0 Å². The summed E-state index contributed by atoms with van der Waals surface area (Å²) in [6.45, 7) is 3.20. The minimum absolute atomic E-state index is 0.298. The van der Waals surface area contributed by atoms with Gasteiger partial charge >= 0.3 is 5.97 Å². The van der Waals surface area contributed by atoms with Gasteiger partial charge in [-0.1, -0.05) is 6.07 Å². The molecule has 5 heteroatoms. The molecule has 1 heterocycles. The Bertz CT molecular complexity index is 474. The van der Waals surface area contributed by atoms with Crippen LogP contribution in [0, 0.1) is 5.82 Å². The maximum atomic E-state index is 13.3. The van der Waals surface area contributed by atoms with Crippen LogP contribution in [0.1, 0.15) is 25.3 Å². The van der Waals surface area contributed by atoms with E-state index in [-0.39, 0.29) is 5.82 Å². The number of benzene rings is 1. The van der Waals surface area contributed by atoms with Crippen molar-refractivity contribution in [2.75, 3.05) is 13.1 Å². The van der Waals surface area contributed by atoms with Gasteiger partial charge in [-0.15, -0.1) is 0 Å². The van der Waals surface area contributed by atoms with Gasteiger partial charge in [-0.2, -0.15) is 0 Å². The average molecular weight is 316 g/mol. The second-order valence-corrected chi connectivity index (χ2v) is 5.55. The first-order valence-corrected chi connectivity index (χ1v) is 6.69. The van der Waals surface area contributed by atoms with Crippen LogP contribution in [0.5, 0.6) is 0 Å². The van der Waals surface area contributed by atoms with Crippen molar-refractivity contribution < 1.29 is 14.3 Å². The number of likely N-dealkylation sites (tertiary alicyclic amines) is 1. The minimum atomic E-state index is -1.09. The summed E-state index contributed by atoms with van der Waals surface area (Å²) < 4.78 is 13.6. The fourth-order valence-corrected chi connectivity index (χ4v) is 2.78. The molecule has 1 atom stereocenters. The van der Waals surface area contributed by atoms with E-state index < -0.39 is 11.5 Å². The summed E-state index contributed by atoms with van der Waals surface area (Å²) in [6.07, 6.45) is 2.01. The molecule has 2 rings (SSSR count). The molecule has 0 aromatic heterocycles. The molecule has 1 unspecified atom stereocenters. The fraction of sp³-hybridized carbons (Fsp3) is 0.462. The van der Waals surface area contributed by atoms with Crippen LogP contribution in [-0.4, -0.2) is 29.1 Å². The molecule has 98 valence electrons. The van der Waals surface area contributed by atoms with Gasteiger partial charge in [-0.05, 0) is 66.5 Å². The Morgan fingerprint density at radius 3 is 2.56 bits per heavy atom. The van der Waals surface area contributed by atoms with Crippen molar-refractivity contribution in [3.05, 3.63) is 34.1 Å². The molecule has 18 heavy (non-hydrogen) atoms. The third-order valence-corrected chi connectivity index (χ3v) is 4.24.